The highest BCUT2D eigenvalue weighted by molar-refractivity contribution is 7.89. The van der Waals surface area contributed by atoms with E-state index >= 15 is 0 Å². The molecule has 3 rings (SSSR count). The Labute approximate surface area is 191 Å². The van der Waals surface area contributed by atoms with Crippen LogP contribution in [0.1, 0.15) is 32.1 Å². The van der Waals surface area contributed by atoms with Crippen molar-refractivity contribution in [1.82, 2.24) is 4.31 Å². The zero-order valence-electron chi connectivity index (χ0n) is 17.5. The first-order valence-corrected chi connectivity index (χ1v) is 11.9. The van der Waals surface area contributed by atoms with Crippen LogP contribution in [-0.2, 0) is 14.8 Å². The number of carbonyl (C=O) groups is 1. The van der Waals surface area contributed by atoms with E-state index in [2.05, 4.69) is 5.32 Å². The summed E-state index contributed by atoms with van der Waals surface area (Å²) in [5.41, 5.74) is 0.0328. The van der Waals surface area contributed by atoms with Crippen molar-refractivity contribution in [2.24, 2.45) is 0 Å². The number of hydrogen-bond donors (Lipinski definition) is 1. The molecule has 1 fully saturated rings. The minimum Gasteiger partial charge on any atom is -0.477 e. The Morgan fingerprint density at radius 3 is 2.47 bits per heavy atom. The van der Waals surface area contributed by atoms with Crippen LogP contribution in [0.4, 0.5) is 11.4 Å². The second-order valence-corrected chi connectivity index (χ2v) is 9.98. The lowest BCUT2D eigenvalue weighted by molar-refractivity contribution is -0.385. The zero-order chi connectivity index (χ0) is 23.3. The lowest BCUT2D eigenvalue weighted by atomic mass is 9.96. The fourth-order valence-corrected chi connectivity index (χ4v) is 5.20. The molecular formula is C21H24ClN3O6S. The van der Waals surface area contributed by atoms with Crippen molar-refractivity contribution in [3.63, 3.8) is 0 Å². The molecule has 11 heteroatoms. The number of rotatable bonds is 8. The Kier molecular flexibility index (Phi) is 7.70. The number of ether oxygens (including phenoxy) is 1. The molecule has 0 saturated heterocycles. The number of anilines is 1. The Balaban J connectivity index is 1.61. The van der Waals surface area contributed by atoms with Crippen LogP contribution in [0.3, 0.4) is 0 Å². The Morgan fingerprint density at radius 1 is 1.19 bits per heavy atom. The molecule has 1 amide bonds. The number of nitrogens with zero attached hydrogens (tertiary/aromatic N) is 2. The van der Waals surface area contributed by atoms with E-state index < -0.39 is 27.5 Å². The van der Waals surface area contributed by atoms with Crippen LogP contribution in [-0.4, -0.2) is 43.2 Å². The molecule has 2 aromatic rings. The van der Waals surface area contributed by atoms with Crippen LogP contribution in [0.5, 0.6) is 5.75 Å². The average Bonchev–Trinajstić information content (AvgIpc) is 2.78. The van der Waals surface area contributed by atoms with Crippen LogP contribution < -0.4 is 10.1 Å². The Hall–Kier alpha value is -2.69. The standard InChI is InChI=1S/C21H24ClN3O6S/c1-24(17-5-3-2-4-6-17)32(29,30)18-10-8-16(9-11-18)23-21(26)14-31-20-12-7-15(22)13-19(20)25(27)28/h7-13,17H,2-6,14H2,1H3,(H,23,26). The molecule has 0 atom stereocenters. The normalized spacial score (nSPS) is 14.8. The van der Waals surface area contributed by atoms with E-state index in [1.807, 2.05) is 0 Å². The van der Waals surface area contributed by atoms with Crippen LogP contribution >= 0.6 is 11.6 Å². The smallest absolute Gasteiger partial charge is 0.312 e. The van der Waals surface area contributed by atoms with Gasteiger partial charge in [0.1, 0.15) is 0 Å². The monoisotopic (exact) mass is 481 g/mol. The summed E-state index contributed by atoms with van der Waals surface area (Å²) in [7, 11) is -2.02. The quantitative estimate of drug-likeness (QED) is 0.445. The topological polar surface area (TPSA) is 119 Å². The molecule has 172 valence electrons. The third-order valence-corrected chi connectivity index (χ3v) is 7.54. The van der Waals surface area contributed by atoms with Gasteiger partial charge in [0.05, 0.1) is 9.82 Å². The van der Waals surface area contributed by atoms with Gasteiger partial charge in [-0.05, 0) is 49.2 Å². The van der Waals surface area contributed by atoms with E-state index in [0.29, 0.717) is 5.69 Å². The van der Waals surface area contributed by atoms with Crippen LogP contribution in [0.2, 0.25) is 5.02 Å². The fraction of sp³-hybridized carbons (Fsp3) is 0.381. The van der Waals surface area contributed by atoms with E-state index in [-0.39, 0.29) is 27.4 Å². The molecule has 1 aliphatic carbocycles. The first-order chi connectivity index (χ1) is 15.2. The molecule has 0 aromatic heterocycles. The minimum absolute atomic E-state index is 0.00204. The number of amides is 1. The third kappa shape index (κ3) is 5.76. The minimum atomic E-state index is -3.63. The summed E-state index contributed by atoms with van der Waals surface area (Å²) < 4.78 is 32.5. The molecule has 32 heavy (non-hydrogen) atoms. The SMILES string of the molecule is CN(C1CCCCC1)S(=O)(=O)c1ccc(NC(=O)COc2ccc(Cl)cc2[N+](=O)[O-])cc1. The van der Waals surface area contributed by atoms with Crippen molar-refractivity contribution >= 4 is 38.9 Å². The number of nitro benzene ring substituents is 1. The van der Waals surface area contributed by atoms with Gasteiger partial charge in [0.15, 0.2) is 12.4 Å². The van der Waals surface area contributed by atoms with Gasteiger partial charge in [0, 0.05) is 29.9 Å². The van der Waals surface area contributed by atoms with Crippen LogP contribution in [0.25, 0.3) is 0 Å². The number of benzene rings is 2. The summed E-state index contributed by atoms with van der Waals surface area (Å²) in [6, 6.07) is 9.74. The van der Waals surface area contributed by atoms with Gasteiger partial charge >= 0.3 is 5.69 Å². The third-order valence-electron chi connectivity index (χ3n) is 5.38. The van der Waals surface area contributed by atoms with E-state index in [4.69, 9.17) is 16.3 Å². The highest BCUT2D eigenvalue weighted by Crippen LogP contribution is 2.30. The van der Waals surface area contributed by atoms with Gasteiger partial charge in [0.2, 0.25) is 10.0 Å². The van der Waals surface area contributed by atoms with Crippen LogP contribution in [0, 0.1) is 10.1 Å². The molecule has 0 heterocycles. The first kappa shape index (κ1) is 24.0. The van der Waals surface area contributed by atoms with Gasteiger partial charge in [-0.3, -0.25) is 14.9 Å². The number of carbonyl (C=O) groups excluding carboxylic acids is 1. The highest BCUT2D eigenvalue weighted by atomic mass is 35.5. The fourth-order valence-electron chi connectivity index (χ4n) is 3.61. The van der Waals surface area contributed by atoms with Crippen molar-refractivity contribution in [2.75, 3.05) is 19.0 Å². The second-order valence-electron chi connectivity index (χ2n) is 7.54. The van der Waals surface area contributed by atoms with Crippen molar-refractivity contribution in [3.8, 4) is 5.75 Å². The second kappa shape index (κ2) is 10.3. The molecule has 9 nitrogen and oxygen atoms in total. The first-order valence-electron chi connectivity index (χ1n) is 10.1. The molecule has 0 unspecified atom stereocenters. The zero-order valence-corrected chi connectivity index (χ0v) is 19.1. The number of sulfonamides is 1. The molecule has 0 aliphatic heterocycles. The Morgan fingerprint density at radius 2 is 1.84 bits per heavy atom. The van der Waals surface area contributed by atoms with Gasteiger partial charge in [-0.2, -0.15) is 4.31 Å². The van der Waals surface area contributed by atoms with Crippen molar-refractivity contribution < 1.29 is 22.9 Å². The van der Waals surface area contributed by atoms with E-state index in [1.165, 1.54) is 40.7 Å². The largest absolute Gasteiger partial charge is 0.477 e. The van der Waals surface area contributed by atoms with Gasteiger partial charge in [-0.1, -0.05) is 30.9 Å². The number of halogens is 1. The van der Waals surface area contributed by atoms with Crippen molar-refractivity contribution in [1.29, 1.82) is 0 Å². The van der Waals surface area contributed by atoms with E-state index in [9.17, 15) is 23.3 Å². The van der Waals surface area contributed by atoms with Gasteiger partial charge < -0.3 is 10.1 Å². The maximum Gasteiger partial charge on any atom is 0.312 e. The molecule has 0 spiro atoms. The van der Waals surface area contributed by atoms with Crippen molar-refractivity contribution in [2.45, 2.75) is 43.0 Å². The van der Waals surface area contributed by atoms with E-state index in [1.54, 1.807) is 7.05 Å². The Bertz CT molecular complexity index is 1090. The summed E-state index contributed by atoms with van der Waals surface area (Å²) in [6.07, 6.45) is 4.90. The number of nitro groups is 1. The van der Waals surface area contributed by atoms with Crippen molar-refractivity contribution in [3.05, 3.63) is 57.6 Å². The molecule has 1 aliphatic rings. The lowest BCUT2D eigenvalue weighted by Crippen LogP contribution is -2.38. The summed E-state index contributed by atoms with van der Waals surface area (Å²) in [5.74, 6) is -0.633. The number of hydrogen-bond acceptors (Lipinski definition) is 6. The predicted octanol–water partition coefficient (Wildman–Crippen LogP) is 4.22. The van der Waals surface area contributed by atoms with E-state index in [0.717, 1.165) is 38.2 Å². The maximum atomic E-state index is 12.9. The molecular weight excluding hydrogens is 458 g/mol. The van der Waals surface area contributed by atoms with Gasteiger partial charge in [-0.25, -0.2) is 8.42 Å². The molecule has 0 bridgehead atoms. The van der Waals surface area contributed by atoms with Gasteiger partial charge in [-0.15, -0.1) is 0 Å². The summed E-state index contributed by atoms with van der Waals surface area (Å²) in [4.78, 5) is 22.8. The molecule has 0 radical (unpaired) electrons. The molecule has 1 saturated carbocycles. The van der Waals surface area contributed by atoms with Gasteiger partial charge in [0.25, 0.3) is 5.91 Å². The number of nitrogens with one attached hydrogen (secondary N) is 1. The maximum absolute atomic E-state index is 12.9. The predicted molar refractivity (Wildman–Crippen MR) is 120 cm³/mol. The summed E-state index contributed by atoms with van der Waals surface area (Å²) >= 11 is 5.75. The summed E-state index contributed by atoms with van der Waals surface area (Å²) in [6.45, 7) is -0.465. The highest BCUT2D eigenvalue weighted by Gasteiger charge is 2.29. The van der Waals surface area contributed by atoms with Crippen LogP contribution in [0.15, 0.2) is 47.4 Å². The lowest BCUT2D eigenvalue weighted by Gasteiger charge is -2.30. The molecule has 1 N–H and O–H groups in total. The average molecular weight is 482 g/mol. The summed E-state index contributed by atoms with van der Waals surface area (Å²) in [5, 5.41) is 13.8. The molecule has 2 aromatic carbocycles.